The highest BCUT2D eigenvalue weighted by Gasteiger charge is 2.33. The molecular weight excluding hydrogens is 1400 g/mol. The molecule has 5 amide bonds. The Kier molecular flexibility index (Phi) is 20.4. The number of carbonyl (C=O) groups excluding carboxylic acids is 5. The average Bonchev–Trinajstić information content (AvgIpc) is 1.57. The summed E-state index contributed by atoms with van der Waals surface area (Å²) in [7, 11) is -6.42. The number of hydrogen-bond acceptors (Lipinski definition) is 20. The quantitative estimate of drug-likeness (QED) is 0.0885. The molecule has 32 heteroatoms. The van der Waals surface area contributed by atoms with Crippen LogP contribution in [-0.4, -0.2) is 187 Å². The van der Waals surface area contributed by atoms with E-state index in [-0.39, 0.29) is 64.4 Å². The van der Waals surface area contributed by atoms with E-state index in [1.54, 1.807) is 40.4 Å². The highest BCUT2D eigenvalue weighted by Crippen LogP contribution is 2.39. The van der Waals surface area contributed by atoms with E-state index in [1.807, 2.05) is 90.2 Å². The number of aromatic amines is 1. The first kappa shape index (κ1) is 71.6. The van der Waals surface area contributed by atoms with Gasteiger partial charge in [0.25, 0.3) is 46.8 Å². The number of anilines is 6. The Labute approximate surface area is 593 Å². The number of nitrogens with zero attached hydrogens (tertiary/aromatic N) is 7. The number of para-hydroxylation sites is 3. The molecule has 5 N–H and O–H groups in total. The van der Waals surface area contributed by atoms with Crippen molar-refractivity contribution in [1.82, 2.24) is 28.0 Å². The van der Waals surface area contributed by atoms with Crippen LogP contribution in [0.1, 0.15) is 41.5 Å². The second-order valence-electron chi connectivity index (χ2n) is 26.5. The van der Waals surface area contributed by atoms with E-state index >= 15 is 0 Å². The Balaban J connectivity index is 0.000000134. The van der Waals surface area contributed by atoms with Crippen molar-refractivity contribution in [3.05, 3.63) is 146 Å². The Hall–Kier alpha value is -10.2. The number of piperazine rings is 3. The van der Waals surface area contributed by atoms with Crippen LogP contribution >= 0.6 is 10.7 Å². The molecule has 0 spiro atoms. The van der Waals surface area contributed by atoms with E-state index in [4.69, 9.17) is 34.4 Å². The lowest BCUT2D eigenvalue weighted by Gasteiger charge is -2.36. The van der Waals surface area contributed by atoms with Crippen LogP contribution in [0.15, 0.2) is 161 Å². The monoisotopic (exact) mass is 1470 g/mol. The average molecular weight is 1470 g/mol. The second kappa shape index (κ2) is 29.0. The van der Waals surface area contributed by atoms with Crippen LogP contribution in [0.4, 0.5) is 43.7 Å². The molecule has 0 aliphatic carbocycles. The van der Waals surface area contributed by atoms with E-state index in [0.717, 1.165) is 66.9 Å². The van der Waals surface area contributed by atoms with Gasteiger partial charge >= 0.3 is 12.2 Å². The summed E-state index contributed by atoms with van der Waals surface area (Å²) in [4.78, 5) is 72.0. The number of ether oxygens (including phenoxy) is 5. The number of benzene rings is 6. The van der Waals surface area contributed by atoms with Gasteiger partial charge in [-0.3, -0.25) is 14.4 Å². The molecule has 0 unspecified atom stereocenters. The van der Waals surface area contributed by atoms with Gasteiger partial charge in [0, 0.05) is 148 Å². The van der Waals surface area contributed by atoms with E-state index in [9.17, 15) is 49.2 Å². The Morgan fingerprint density at radius 3 is 1.23 bits per heavy atom. The number of amides is 5. The van der Waals surface area contributed by atoms with Crippen LogP contribution in [0.5, 0.6) is 17.2 Å². The molecule has 3 fully saturated rings. The van der Waals surface area contributed by atoms with Crippen molar-refractivity contribution in [2.24, 2.45) is 0 Å². The largest absolute Gasteiger partial charge is 0.482 e. The zero-order valence-electron chi connectivity index (χ0n) is 56.7. The summed E-state index contributed by atoms with van der Waals surface area (Å²) in [5.41, 5.74) is 5.56. The van der Waals surface area contributed by atoms with E-state index < -0.39 is 40.3 Å². The van der Waals surface area contributed by atoms with Gasteiger partial charge in [0.05, 0.1) is 59.8 Å². The second-order valence-corrected chi connectivity index (χ2v) is 32.6. The summed E-state index contributed by atoms with van der Waals surface area (Å²) in [6, 6.07) is 36.1. The van der Waals surface area contributed by atoms with E-state index in [0.29, 0.717) is 84.6 Å². The molecule has 0 atom stereocenters. The molecule has 6 aromatic carbocycles. The van der Waals surface area contributed by atoms with Crippen molar-refractivity contribution < 1.29 is 72.9 Å². The zero-order valence-corrected chi connectivity index (χ0v) is 59.9. The highest BCUT2D eigenvalue weighted by molar-refractivity contribution is 8.13. The van der Waals surface area contributed by atoms with E-state index in [2.05, 4.69) is 59.1 Å². The van der Waals surface area contributed by atoms with Crippen LogP contribution in [-0.2, 0) is 53.0 Å². The molecule has 6 aliphatic rings. The fourth-order valence-corrected chi connectivity index (χ4v) is 15.7. The summed E-state index contributed by atoms with van der Waals surface area (Å²) in [6.45, 7) is 19.2. The molecule has 0 radical (unpaired) electrons. The maximum absolute atomic E-state index is 13.7. The maximum atomic E-state index is 13.7. The molecule has 0 saturated carbocycles. The maximum Gasteiger partial charge on any atom is 0.410 e. The summed E-state index contributed by atoms with van der Waals surface area (Å²) in [5.74, 6) is 0.145. The molecule has 28 nitrogen and oxygen atoms in total. The number of fused-ring (bicyclic) bond motifs is 6. The number of aromatic nitrogens is 3. The molecule has 9 aromatic rings. The van der Waals surface area contributed by atoms with Gasteiger partial charge in [0.1, 0.15) is 28.5 Å². The van der Waals surface area contributed by atoms with Gasteiger partial charge in [0.15, 0.2) is 19.8 Å². The van der Waals surface area contributed by atoms with Gasteiger partial charge in [-0.2, -0.15) is 0 Å². The third-order valence-corrected chi connectivity index (χ3v) is 21.7. The van der Waals surface area contributed by atoms with Crippen LogP contribution < -0.4 is 50.2 Å². The minimum Gasteiger partial charge on any atom is -0.482 e. The zero-order chi connectivity index (χ0) is 72.5. The summed E-state index contributed by atoms with van der Waals surface area (Å²) in [5, 5.41) is 14.1. The Morgan fingerprint density at radius 1 is 0.451 bits per heavy atom. The lowest BCUT2D eigenvalue weighted by molar-refractivity contribution is -0.119. The van der Waals surface area contributed by atoms with Crippen molar-refractivity contribution in [1.29, 1.82) is 0 Å². The SMILES string of the molecule is CC(C)(C)OC(=O)N1CCN(c2c[nH]c3ccccc23)CC1.CC(C)(C)OC(=O)N1CCN(c2cn(S(=O)(=O)c3ccc4c(c3)OCC(=O)N4)c3ccccc23)CC1.O=C1COc2cc(S(=O)(=O)Cl)ccc2N1.O=C1COc2cc(S(=O)(=O)n3cc(N4CCNCC4)c4ccccc43)ccc2N1. The van der Waals surface area contributed by atoms with Gasteiger partial charge in [-0.05, 0) is 96.1 Å². The fourth-order valence-electron chi connectivity index (χ4n) is 12.2. The summed E-state index contributed by atoms with van der Waals surface area (Å²) < 4.78 is 106. The minimum atomic E-state index is -3.96. The topological polar surface area (TPSA) is 324 Å². The highest BCUT2D eigenvalue weighted by atomic mass is 35.7. The van der Waals surface area contributed by atoms with Gasteiger partial charge in [-0.15, -0.1) is 0 Å². The number of H-pyrrole nitrogens is 1. The first-order chi connectivity index (χ1) is 48.5. The molecule has 3 saturated heterocycles. The molecule has 3 aromatic heterocycles. The first-order valence-electron chi connectivity index (χ1n) is 32.8. The molecule has 102 heavy (non-hydrogen) atoms. The molecule has 0 bridgehead atoms. The van der Waals surface area contributed by atoms with Crippen LogP contribution in [0.3, 0.4) is 0 Å². The van der Waals surface area contributed by atoms with Crippen molar-refractivity contribution >= 4 is 137 Å². The normalized spacial score (nSPS) is 16.3. The third-order valence-electron chi connectivity index (χ3n) is 17.0. The van der Waals surface area contributed by atoms with Gasteiger partial charge in [-0.1, -0.05) is 54.6 Å². The predicted octanol–water partition coefficient (Wildman–Crippen LogP) is 9.06. The number of rotatable bonds is 8. The summed E-state index contributed by atoms with van der Waals surface area (Å²) in [6.07, 6.45) is 4.82. The minimum absolute atomic E-state index is 0.0550. The third kappa shape index (κ3) is 16.1. The molecule has 538 valence electrons. The lowest BCUT2D eigenvalue weighted by atomic mass is 10.2. The summed E-state index contributed by atoms with van der Waals surface area (Å²) >= 11 is 0. The first-order valence-corrected chi connectivity index (χ1v) is 38.0. The number of hydrogen-bond donors (Lipinski definition) is 5. The molecule has 6 aliphatic heterocycles. The molecule has 15 rings (SSSR count). The molecular formula is C70H77ClN12O16S3. The number of halogens is 1. The lowest BCUT2D eigenvalue weighted by Crippen LogP contribution is -2.50. The van der Waals surface area contributed by atoms with Crippen LogP contribution in [0.2, 0.25) is 0 Å². The Morgan fingerprint density at radius 2 is 0.814 bits per heavy atom. The van der Waals surface area contributed by atoms with Crippen molar-refractivity contribution in [3.63, 3.8) is 0 Å². The van der Waals surface area contributed by atoms with Crippen LogP contribution in [0.25, 0.3) is 32.7 Å². The van der Waals surface area contributed by atoms with Crippen molar-refractivity contribution in [3.8, 4) is 17.2 Å². The predicted molar refractivity (Wildman–Crippen MR) is 387 cm³/mol. The molecule has 9 heterocycles. The van der Waals surface area contributed by atoms with Gasteiger partial charge in [-0.25, -0.2) is 42.8 Å². The van der Waals surface area contributed by atoms with Crippen LogP contribution in [0, 0.1) is 0 Å². The standard InChI is InChI=1S/C25H28N4O6S.C20H20N4O4S.C17H23N3O2.C8H6ClNO4S/c1-25(2,3)35-24(31)28-12-10-27(11-13-28)21-15-29(20-7-5-4-6-18(20)21)36(32,33)17-8-9-19-22(14-17)34-16-23(30)26-19;25-20-13-28-19-11-14(5-6-16(19)22-20)29(26,27)24-12-18(23-9-7-21-8-10-23)15-3-1-2-4-17(15)24;1-17(2,3)22-16(21)20-10-8-19(9-11-20)15-12-18-14-7-5-4-6-13(14)15;9-15(12,13)5-1-2-6-7(3-5)14-4-8(11)10-6/h4-9,14-15H,10-13,16H2,1-3H3,(H,26,30);1-6,11-12,21H,7-10,13H2,(H,22,25);4-7,12,18H,8-11H2,1-3H3;1-3H,4H2,(H,10,11). The number of carbonyl (C=O) groups is 5. The van der Waals surface area contributed by atoms with Crippen molar-refractivity contribution in [2.75, 3.05) is 129 Å². The van der Waals surface area contributed by atoms with Gasteiger partial charge in [0.2, 0.25) is 0 Å². The van der Waals surface area contributed by atoms with E-state index in [1.165, 1.54) is 67.5 Å². The Bertz CT molecular complexity index is 5070. The smallest absolute Gasteiger partial charge is 0.410 e. The fraction of sp³-hybridized carbons (Fsp3) is 0.329. The number of nitrogens with one attached hydrogen (secondary N) is 5. The van der Waals surface area contributed by atoms with Gasteiger partial charge < -0.3 is 74.4 Å². The van der Waals surface area contributed by atoms with Crippen molar-refractivity contribution in [2.45, 2.75) is 67.4 Å².